The highest BCUT2D eigenvalue weighted by Gasteiger charge is 2.46. The van der Waals surface area contributed by atoms with Crippen molar-refractivity contribution in [1.82, 2.24) is 0 Å². The van der Waals surface area contributed by atoms with Crippen molar-refractivity contribution >= 4 is 22.1 Å². The van der Waals surface area contributed by atoms with E-state index < -0.39 is 71.2 Å². The molecule has 1 aliphatic heterocycles. The average Bonchev–Trinajstić information content (AvgIpc) is 3.22. The molecule has 12 nitrogen and oxygen atoms in total. The SMILES string of the molecule is CCCC/C=C/CCCCCCCC(=O)O[C@H](COC(=O)CCCCCCCCCCCCCCCCCCCCCCCC)CO[C@H]1O[C@H](CS(=O)(=O)O)[C@@H](O)C(O)C1O. The van der Waals surface area contributed by atoms with Gasteiger partial charge in [-0.2, -0.15) is 8.42 Å². The Kier molecular flexibility index (Phi) is 36.5. The molecule has 1 rings (SSSR count). The maximum atomic E-state index is 12.8. The van der Waals surface area contributed by atoms with Crippen LogP contribution in [-0.4, -0.2) is 96.0 Å². The number of esters is 2. The molecule has 0 saturated carbocycles. The van der Waals surface area contributed by atoms with Gasteiger partial charge in [0.25, 0.3) is 10.1 Å². The highest BCUT2D eigenvalue weighted by molar-refractivity contribution is 7.85. The minimum atomic E-state index is -4.60. The van der Waals surface area contributed by atoms with Gasteiger partial charge in [-0.3, -0.25) is 14.1 Å². The molecule has 1 heterocycles. The number of carbonyl (C=O) groups excluding carboxylic acids is 2. The van der Waals surface area contributed by atoms with Gasteiger partial charge < -0.3 is 34.3 Å². The standard InChI is InChI=1S/C48H90O12S/c1-3-5-7-9-11-13-15-16-17-18-19-20-21-22-23-24-25-27-28-30-32-34-36-43(49)57-38-41(59-44(50)37-35-33-31-29-26-14-12-10-8-6-4-2)39-58-48-47(53)46(52)45(51)42(60-48)40-61(54,55)56/h10,12,41-42,45-48,51-53H,3-9,11,13-40H2,1-2H3,(H,54,55,56)/b12-10+/t41-,42-,45-,46?,47?,48+/m1/s1. The molecule has 0 aromatic carbocycles. The van der Waals surface area contributed by atoms with Gasteiger partial charge >= 0.3 is 11.9 Å². The minimum absolute atomic E-state index is 0.157. The molecule has 6 atom stereocenters. The summed E-state index contributed by atoms with van der Waals surface area (Å²) in [4.78, 5) is 25.4. The second kappa shape index (κ2) is 38.8. The van der Waals surface area contributed by atoms with Gasteiger partial charge in [-0.25, -0.2) is 0 Å². The highest BCUT2D eigenvalue weighted by Crippen LogP contribution is 2.24. The molecule has 360 valence electrons. The van der Waals surface area contributed by atoms with E-state index in [1.54, 1.807) is 0 Å². The van der Waals surface area contributed by atoms with Crippen molar-refractivity contribution in [2.24, 2.45) is 0 Å². The molecule has 0 aromatic heterocycles. The summed E-state index contributed by atoms with van der Waals surface area (Å²) in [5.74, 6) is -1.98. The van der Waals surface area contributed by atoms with E-state index in [4.69, 9.17) is 18.9 Å². The summed E-state index contributed by atoms with van der Waals surface area (Å²) in [5.41, 5.74) is 0. The first-order valence-corrected chi connectivity index (χ1v) is 26.4. The molecule has 1 saturated heterocycles. The first-order valence-electron chi connectivity index (χ1n) is 24.7. The molecule has 0 aliphatic carbocycles. The van der Waals surface area contributed by atoms with Gasteiger partial charge in [0.2, 0.25) is 0 Å². The van der Waals surface area contributed by atoms with E-state index >= 15 is 0 Å². The summed E-state index contributed by atoms with van der Waals surface area (Å²) in [6.45, 7) is 3.74. The second-order valence-corrected chi connectivity index (χ2v) is 19.0. The molecule has 13 heteroatoms. The molecule has 0 spiro atoms. The lowest BCUT2D eigenvalue weighted by molar-refractivity contribution is -0.297. The molecular weight excluding hydrogens is 801 g/mol. The Bertz CT molecular complexity index is 1180. The fourth-order valence-electron chi connectivity index (χ4n) is 7.72. The maximum absolute atomic E-state index is 12.8. The van der Waals surface area contributed by atoms with E-state index in [1.807, 2.05) is 0 Å². The second-order valence-electron chi connectivity index (χ2n) is 17.5. The van der Waals surface area contributed by atoms with Crippen LogP contribution < -0.4 is 0 Å². The summed E-state index contributed by atoms with van der Waals surface area (Å²) in [7, 11) is -4.60. The van der Waals surface area contributed by atoms with Crippen molar-refractivity contribution in [1.29, 1.82) is 0 Å². The van der Waals surface area contributed by atoms with E-state index in [0.717, 1.165) is 57.8 Å². The van der Waals surface area contributed by atoms with Crippen LogP contribution in [0.15, 0.2) is 12.2 Å². The van der Waals surface area contributed by atoms with Gasteiger partial charge in [0.1, 0.15) is 36.8 Å². The number of hydrogen-bond donors (Lipinski definition) is 4. The lowest BCUT2D eigenvalue weighted by Crippen LogP contribution is -2.60. The minimum Gasteiger partial charge on any atom is -0.462 e. The van der Waals surface area contributed by atoms with Gasteiger partial charge in [0.15, 0.2) is 12.4 Å². The fourth-order valence-corrected chi connectivity index (χ4v) is 8.41. The van der Waals surface area contributed by atoms with Crippen molar-refractivity contribution in [3.05, 3.63) is 12.2 Å². The Morgan fingerprint density at radius 3 is 1.41 bits per heavy atom. The zero-order valence-corrected chi connectivity index (χ0v) is 39.4. The van der Waals surface area contributed by atoms with E-state index in [2.05, 4.69) is 26.0 Å². The Morgan fingerprint density at radius 2 is 0.951 bits per heavy atom. The van der Waals surface area contributed by atoms with Crippen LogP contribution in [0.3, 0.4) is 0 Å². The summed E-state index contributed by atoms with van der Waals surface area (Å²) in [5, 5.41) is 30.9. The van der Waals surface area contributed by atoms with E-state index in [1.165, 1.54) is 128 Å². The third-order valence-electron chi connectivity index (χ3n) is 11.6. The number of unbranched alkanes of at least 4 members (excludes halogenated alkanes) is 28. The number of allylic oxidation sites excluding steroid dienone is 2. The van der Waals surface area contributed by atoms with Crippen LogP contribution >= 0.6 is 0 Å². The predicted octanol–water partition coefficient (Wildman–Crippen LogP) is 10.6. The van der Waals surface area contributed by atoms with Crippen molar-refractivity contribution in [3.8, 4) is 0 Å². The van der Waals surface area contributed by atoms with E-state index in [0.29, 0.717) is 12.8 Å². The van der Waals surface area contributed by atoms with Crippen LogP contribution in [0.2, 0.25) is 0 Å². The van der Waals surface area contributed by atoms with Gasteiger partial charge in [-0.1, -0.05) is 193 Å². The number of aliphatic hydroxyl groups excluding tert-OH is 3. The molecule has 0 radical (unpaired) electrons. The number of rotatable bonds is 42. The highest BCUT2D eigenvalue weighted by atomic mass is 32.2. The smallest absolute Gasteiger partial charge is 0.306 e. The van der Waals surface area contributed by atoms with Crippen LogP contribution in [-0.2, 0) is 38.7 Å². The molecule has 2 unspecified atom stereocenters. The Hall–Kier alpha value is -1.61. The average molecular weight is 891 g/mol. The summed E-state index contributed by atoms with van der Waals surface area (Å²) in [6.07, 6.45) is 32.7. The topological polar surface area (TPSA) is 186 Å². The summed E-state index contributed by atoms with van der Waals surface area (Å²) < 4.78 is 54.1. The maximum Gasteiger partial charge on any atom is 0.306 e. The normalized spacial score (nSPS) is 20.0. The quantitative estimate of drug-likeness (QED) is 0.0197. The Labute approximate surface area is 371 Å². The molecular formula is C48H90O12S. The molecule has 0 amide bonds. The Morgan fingerprint density at radius 1 is 0.541 bits per heavy atom. The number of ether oxygens (including phenoxy) is 4. The molecule has 1 aliphatic rings. The van der Waals surface area contributed by atoms with Crippen LogP contribution in [0.25, 0.3) is 0 Å². The van der Waals surface area contributed by atoms with Crippen LogP contribution in [0, 0.1) is 0 Å². The van der Waals surface area contributed by atoms with Gasteiger partial charge in [-0.05, 0) is 32.1 Å². The first kappa shape index (κ1) is 57.4. The number of hydrogen-bond acceptors (Lipinski definition) is 11. The van der Waals surface area contributed by atoms with Crippen molar-refractivity contribution in [3.63, 3.8) is 0 Å². The van der Waals surface area contributed by atoms with Gasteiger partial charge in [0, 0.05) is 12.8 Å². The molecule has 4 N–H and O–H groups in total. The molecule has 61 heavy (non-hydrogen) atoms. The van der Waals surface area contributed by atoms with Crippen molar-refractivity contribution in [2.75, 3.05) is 19.0 Å². The van der Waals surface area contributed by atoms with Gasteiger partial charge in [-0.15, -0.1) is 0 Å². The van der Waals surface area contributed by atoms with Crippen LogP contribution in [0.1, 0.15) is 226 Å². The monoisotopic (exact) mass is 891 g/mol. The Balaban J connectivity index is 2.31. The number of carbonyl (C=O) groups is 2. The van der Waals surface area contributed by atoms with E-state index in [9.17, 15) is 37.9 Å². The zero-order chi connectivity index (χ0) is 44.8. The van der Waals surface area contributed by atoms with Crippen molar-refractivity contribution < 1.29 is 56.8 Å². The number of aliphatic hydroxyl groups is 3. The van der Waals surface area contributed by atoms with Crippen molar-refractivity contribution in [2.45, 2.75) is 263 Å². The van der Waals surface area contributed by atoms with Crippen LogP contribution in [0.4, 0.5) is 0 Å². The first-order chi connectivity index (χ1) is 29.5. The lowest BCUT2D eigenvalue weighted by atomic mass is 10.00. The lowest BCUT2D eigenvalue weighted by Gasteiger charge is -2.40. The molecule has 1 fully saturated rings. The summed E-state index contributed by atoms with van der Waals surface area (Å²) >= 11 is 0. The zero-order valence-electron chi connectivity index (χ0n) is 38.5. The van der Waals surface area contributed by atoms with Crippen LogP contribution in [0.5, 0.6) is 0 Å². The fraction of sp³-hybridized carbons (Fsp3) is 0.917. The summed E-state index contributed by atoms with van der Waals surface area (Å²) in [6, 6.07) is 0. The molecule has 0 bridgehead atoms. The predicted molar refractivity (Wildman–Crippen MR) is 243 cm³/mol. The van der Waals surface area contributed by atoms with Gasteiger partial charge in [0.05, 0.1) is 6.61 Å². The van der Waals surface area contributed by atoms with E-state index in [-0.39, 0.29) is 19.4 Å². The third kappa shape index (κ3) is 33.6. The third-order valence-corrected chi connectivity index (χ3v) is 12.3. The largest absolute Gasteiger partial charge is 0.462 e. The molecule has 0 aromatic rings.